The van der Waals surface area contributed by atoms with E-state index in [2.05, 4.69) is 17.0 Å². The van der Waals surface area contributed by atoms with Crippen LogP contribution in [0.25, 0.3) is 0 Å². The molecule has 0 spiro atoms. The molecule has 1 fully saturated rings. The monoisotopic (exact) mass is 489 g/mol. The molecule has 2 heterocycles. The number of nitrogens with zero attached hydrogens (tertiary/aromatic N) is 1. The Morgan fingerprint density at radius 1 is 1.21 bits per heavy atom. The average molecular weight is 490 g/mol. The summed E-state index contributed by atoms with van der Waals surface area (Å²) < 4.78 is 29.1. The molecule has 2 aliphatic heterocycles. The molecular formula is C24H28ClN3O4S. The minimum Gasteiger partial charge on any atom is -0.341 e. The molecule has 2 aromatic carbocycles. The summed E-state index contributed by atoms with van der Waals surface area (Å²) in [6.45, 7) is 3.40. The van der Waals surface area contributed by atoms with Crippen molar-refractivity contribution < 1.29 is 18.0 Å². The topological polar surface area (TPSA) is 95.6 Å². The summed E-state index contributed by atoms with van der Waals surface area (Å²) in [5, 5.41) is 3.26. The number of aryl methyl sites for hydroxylation is 1. The summed E-state index contributed by atoms with van der Waals surface area (Å²) in [5.41, 5.74) is 2.11. The Labute approximate surface area is 199 Å². The van der Waals surface area contributed by atoms with Crippen LogP contribution in [-0.4, -0.2) is 44.3 Å². The lowest BCUT2D eigenvalue weighted by atomic mass is 9.98. The van der Waals surface area contributed by atoms with Crippen molar-refractivity contribution in [2.24, 2.45) is 5.92 Å². The van der Waals surface area contributed by atoms with Gasteiger partial charge in [0.05, 0.1) is 11.3 Å². The molecule has 2 N–H and O–H groups in total. The zero-order valence-electron chi connectivity index (χ0n) is 18.5. The van der Waals surface area contributed by atoms with Gasteiger partial charge in [0.1, 0.15) is 6.04 Å². The second-order valence-electron chi connectivity index (χ2n) is 8.86. The fourth-order valence-corrected chi connectivity index (χ4v) is 5.78. The van der Waals surface area contributed by atoms with Crippen molar-refractivity contribution in [3.05, 3.63) is 58.6 Å². The van der Waals surface area contributed by atoms with Crippen molar-refractivity contribution in [2.75, 3.05) is 18.4 Å². The number of sulfonamides is 1. The molecule has 2 amide bonds. The molecule has 0 aromatic heterocycles. The predicted molar refractivity (Wildman–Crippen MR) is 128 cm³/mol. The molecule has 0 bridgehead atoms. The number of rotatable bonds is 7. The maximum Gasteiger partial charge on any atom is 0.241 e. The molecule has 0 saturated carbocycles. The molecule has 1 saturated heterocycles. The smallest absolute Gasteiger partial charge is 0.241 e. The van der Waals surface area contributed by atoms with Gasteiger partial charge in [0.2, 0.25) is 21.8 Å². The highest BCUT2D eigenvalue weighted by Crippen LogP contribution is 2.27. The summed E-state index contributed by atoms with van der Waals surface area (Å²) >= 11 is 6.28. The molecular weight excluding hydrogens is 462 g/mol. The Bertz CT molecular complexity index is 1160. The van der Waals surface area contributed by atoms with Gasteiger partial charge in [-0.3, -0.25) is 9.59 Å². The second kappa shape index (κ2) is 9.83. The number of benzene rings is 2. The number of carbonyl (C=O) groups is 2. The molecule has 1 atom stereocenters. The van der Waals surface area contributed by atoms with Crippen molar-refractivity contribution in [1.82, 2.24) is 9.62 Å². The van der Waals surface area contributed by atoms with Gasteiger partial charge in [0.25, 0.3) is 0 Å². The van der Waals surface area contributed by atoms with Crippen molar-refractivity contribution in [3.8, 4) is 0 Å². The Kier molecular flexibility index (Phi) is 7.07. The molecule has 33 heavy (non-hydrogen) atoms. The third-order valence-corrected chi connectivity index (χ3v) is 8.21. The van der Waals surface area contributed by atoms with Gasteiger partial charge in [-0.2, -0.15) is 4.72 Å². The fourth-order valence-electron chi connectivity index (χ4n) is 4.30. The lowest BCUT2D eigenvalue weighted by Crippen LogP contribution is -2.50. The summed E-state index contributed by atoms with van der Waals surface area (Å²) in [6.07, 6.45) is 2.79. The molecule has 7 nitrogen and oxygen atoms in total. The normalized spacial score (nSPS) is 17.5. The van der Waals surface area contributed by atoms with Gasteiger partial charge in [-0.25, -0.2) is 8.42 Å². The second-order valence-corrected chi connectivity index (χ2v) is 11.0. The van der Waals surface area contributed by atoms with Gasteiger partial charge in [0.15, 0.2) is 0 Å². The Balaban J connectivity index is 1.55. The van der Waals surface area contributed by atoms with E-state index in [1.807, 2.05) is 18.2 Å². The maximum absolute atomic E-state index is 13.4. The van der Waals surface area contributed by atoms with Crippen LogP contribution in [0.15, 0.2) is 47.4 Å². The van der Waals surface area contributed by atoms with Gasteiger partial charge in [-0.05, 0) is 60.9 Å². The standard InChI is InChI=1S/C24H28ClN3O4S/c1-16-10-12-28(13-11-16)24(30)21(9-7-17-4-2-3-5-20(17)25)27-33(31,32)19-8-6-18-14-23(29)26-22(18)15-19/h2-6,8,15-16,21,27H,7,9-14H2,1H3,(H,26,29). The number of hydrogen-bond donors (Lipinski definition) is 2. The van der Waals surface area contributed by atoms with E-state index in [4.69, 9.17) is 11.6 Å². The van der Waals surface area contributed by atoms with E-state index in [1.54, 1.807) is 17.0 Å². The molecule has 1 unspecified atom stereocenters. The van der Waals surface area contributed by atoms with E-state index in [0.29, 0.717) is 36.1 Å². The first-order valence-corrected chi connectivity index (χ1v) is 13.1. The van der Waals surface area contributed by atoms with Crippen LogP contribution in [0.5, 0.6) is 0 Å². The number of amides is 2. The zero-order valence-corrected chi connectivity index (χ0v) is 20.1. The summed E-state index contributed by atoms with van der Waals surface area (Å²) in [4.78, 5) is 26.8. The molecule has 4 rings (SSSR count). The van der Waals surface area contributed by atoms with Crippen LogP contribution in [0.4, 0.5) is 5.69 Å². The third-order valence-electron chi connectivity index (χ3n) is 6.37. The number of piperidine rings is 1. The molecule has 0 aliphatic carbocycles. The highest BCUT2D eigenvalue weighted by atomic mass is 35.5. The largest absolute Gasteiger partial charge is 0.341 e. The van der Waals surface area contributed by atoms with Crippen LogP contribution < -0.4 is 10.0 Å². The van der Waals surface area contributed by atoms with Gasteiger partial charge in [-0.1, -0.05) is 42.8 Å². The molecule has 9 heteroatoms. The average Bonchev–Trinajstić information content (AvgIpc) is 3.17. The van der Waals surface area contributed by atoms with Crippen LogP contribution >= 0.6 is 11.6 Å². The van der Waals surface area contributed by atoms with Crippen LogP contribution in [0.2, 0.25) is 5.02 Å². The van der Waals surface area contributed by atoms with Gasteiger partial charge < -0.3 is 10.2 Å². The number of nitrogens with one attached hydrogen (secondary N) is 2. The Morgan fingerprint density at radius 2 is 1.94 bits per heavy atom. The van der Waals surface area contributed by atoms with Gasteiger partial charge >= 0.3 is 0 Å². The fraction of sp³-hybridized carbons (Fsp3) is 0.417. The van der Waals surface area contributed by atoms with Crippen molar-refractivity contribution >= 4 is 39.1 Å². The highest BCUT2D eigenvalue weighted by molar-refractivity contribution is 7.89. The minimum atomic E-state index is -3.99. The van der Waals surface area contributed by atoms with Crippen LogP contribution in [0.3, 0.4) is 0 Å². The maximum atomic E-state index is 13.4. The van der Waals surface area contributed by atoms with Gasteiger partial charge in [-0.15, -0.1) is 0 Å². The number of carbonyl (C=O) groups excluding carboxylic acids is 2. The number of halogens is 1. The molecule has 0 radical (unpaired) electrons. The first kappa shape index (κ1) is 23.7. The Hall–Kier alpha value is -2.42. The van der Waals surface area contributed by atoms with E-state index in [-0.39, 0.29) is 29.6 Å². The SMILES string of the molecule is CC1CCN(C(=O)C(CCc2ccccc2Cl)NS(=O)(=O)c2ccc3c(c2)NC(=O)C3)CC1. The zero-order chi connectivity index (χ0) is 23.6. The summed E-state index contributed by atoms with van der Waals surface area (Å²) in [6, 6.07) is 11.0. The molecule has 176 valence electrons. The van der Waals surface area contributed by atoms with E-state index < -0.39 is 16.1 Å². The highest BCUT2D eigenvalue weighted by Gasteiger charge is 2.31. The van der Waals surface area contributed by atoms with Crippen LogP contribution in [-0.2, 0) is 32.5 Å². The van der Waals surface area contributed by atoms with E-state index in [1.165, 1.54) is 12.1 Å². The van der Waals surface area contributed by atoms with E-state index >= 15 is 0 Å². The van der Waals surface area contributed by atoms with Crippen LogP contribution in [0, 0.1) is 5.92 Å². The Morgan fingerprint density at radius 3 is 2.67 bits per heavy atom. The predicted octanol–water partition coefficient (Wildman–Crippen LogP) is 3.37. The van der Waals surface area contributed by atoms with E-state index in [0.717, 1.165) is 24.0 Å². The van der Waals surface area contributed by atoms with E-state index in [9.17, 15) is 18.0 Å². The van der Waals surface area contributed by atoms with Crippen molar-refractivity contribution in [1.29, 1.82) is 0 Å². The van der Waals surface area contributed by atoms with Gasteiger partial charge in [0, 0.05) is 23.8 Å². The molecule has 2 aliphatic rings. The van der Waals surface area contributed by atoms with Crippen LogP contribution in [0.1, 0.15) is 37.3 Å². The minimum absolute atomic E-state index is 0.0197. The number of likely N-dealkylation sites (tertiary alicyclic amines) is 1. The van der Waals surface area contributed by atoms with Crippen molar-refractivity contribution in [3.63, 3.8) is 0 Å². The first-order valence-electron chi connectivity index (χ1n) is 11.2. The number of hydrogen-bond acceptors (Lipinski definition) is 4. The number of fused-ring (bicyclic) bond motifs is 1. The summed E-state index contributed by atoms with van der Waals surface area (Å²) in [7, 11) is -3.99. The van der Waals surface area contributed by atoms with Crippen molar-refractivity contribution in [2.45, 2.75) is 50.0 Å². The summed E-state index contributed by atoms with van der Waals surface area (Å²) in [5.74, 6) is 0.167. The number of anilines is 1. The first-order chi connectivity index (χ1) is 15.7. The third kappa shape index (κ3) is 5.57. The lowest BCUT2D eigenvalue weighted by Gasteiger charge is -2.33. The molecule has 2 aromatic rings. The lowest BCUT2D eigenvalue weighted by molar-refractivity contribution is -0.134. The quantitative estimate of drug-likeness (QED) is 0.623.